The Labute approximate surface area is 207 Å². The fraction of sp³-hybridized carbons (Fsp3) is 0.286. The summed E-state index contributed by atoms with van der Waals surface area (Å²) >= 11 is 0. The average molecular weight is 498 g/mol. The van der Waals surface area contributed by atoms with E-state index in [4.69, 9.17) is 4.74 Å². The van der Waals surface area contributed by atoms with Crippen LogP contribution in [0.4, 0.5) is 18.0 Å². The maximum atomic E-state index is 13.5. The Bertz CT molecular complexity index is 1200. The van der Waals surface area contributed by atoms with Crippen molar-refractivity contribution in [2.45, 2.75) is 43.5 Å². The molecule has 0 aliphatic carbocycles. The number of hydrogen-bond acceptors (Lipinski definition) is 3. The second-order valence-corrected chi connectivity index (χ2v) is 8.89. The molecule has 0 radical (unpaired) electrons. The Hall–Kier alpha value is -3.81. The van der Waals surface area contributed by atoms with Crippen LogP contribution in [0.1, 0.15) is 41.5 Å². The lowest BCUT2D eigenvalue weighted by Gasteiger charge is -2.36. The average Bonchev–Trinajstić information content (AvgIpc) is 3.34. The number of ether oxygens (including phenoxy) is 1. The first-order chi connectivity index (χ1) is 17.2. The van der Waals surface area contributed by atoms with Crippen molar-refractivity contribution in [1.29, 1.82) is 0 Å². The number of halogens is 3. The van der Waals surface area contributed by atoms with E-state index in [-0.39, 0.29) is 18.6 Å². The zero-order valence-corrected chi connectivity index (χ0v) is 19.4. The van der Waals surface area contributed by atoms with Crippen molar-refractivity contribution in [3.05, 3.63) is 107 Å². The van der Waals surface area contributed by atoms with Crippen molar-refractivity contribution in [2.75, 3.05) is 6.54 Å². The quantitative estimate of drug-likeness (QED) is 0.418. The minimum Gasteiger partial charge on any atom is -0.480 e. The second kappa shape index (κ2) is 10.4. The van der Waals surface area contributed by atoms with Crippen LogP contribution in [0.3, 0.4) is 0 Å². The smallest absolute Gasteiger partial charge is 0.416 e. The summed E-state index contributed by atoms with van der Waals surface area (Å²) in [4.78, 5) is 27.4. The molecule has 1 amide bonds. The van der Waals surface area contributed by atoms with Gasteiger partial charge in [-0.15, -0.1) is 0 Å². The van der Waals surface area contributed by atoms with E-state index in [0.717, 1.165) is 17.7 Å². The van der Waals surface area contributed by atoms with Gasteiger partial charge in [0.15, 0.2) is 0 Å². The first-order valence-electron chi connectivity index (χ1n) is 11.7. The van der Waals surface area contributed by atoms with Crippen molar-refractivity contribution in [3.8, 4) is 0 Å². The van der Waals surface area contributed by atoms with Crippen LogP contribution in [0.2, 0.25) is 0 Å². The van der Waals surface area contributed by atoms with Gasteiger partial charge in [0.2, 0.25) is 0 Å². The number of carbonyl (C=O) groups is 2. The van der Waals surface area contributed by atoms with Gasteiger partial charge in [0, 0.05) is 12.6 Å². The molecule has 3 aromatic rings. The van der Waals surface area contributed by atoms with Gasteiger partial charge in [0.1, 0.15) is 12.0 Å². The molecule has 8 heteroatoms. The Kier molecular flexibility index (Phi) is 7.33. The van der Waals surface area contributed by atoms with Crippen molar-refractivity contribution >= 4 is 12.1 Å². The number of aliphatic carboxylic acids is 1. The minimum atomic E-state index is -4.63. The van der Waals surface area contributed by atoms with E-state index in [1.165, 1.54) is 17.0 Å². The predicted octanol–water partition coefficient (Wildman–Crippen LogP) is 6.27. The molecule has 1 N–H and O–H groups in total. The molecule has 1 aliphatic rings. The number of rotatable bonds is 7. The molecule has 4 rings (SSSR count). The van der Waals surface area contributed by atoms with Crippen molar-refractivity contribution in [2.24, 2.45) is 0 Å². The number of benzene rings is 3. The van der Waals surface area contributed by atoms with Crippen LogP contribution in [0.5, 0.6) is 0 Å². The van der Waals surface area contributed by atoms with Gasteiger partial charge in [0.05, 0.1) is 5.56 Å². The van der Waals surface area contributed by atoms with Gasteiger partial charge in [-0.1, -0.05) is 78.9 Å². The molecule has 0 spiro atoms. The van der Waals surface area contributed by atoms with E-state index in [2.05, 4.69) is 0 Å². The maximum Gasteiger partial charge on any atom is 0.416 e. The summed E-state index contributed by atoms with van der Waals surface area (Å²) < 4.78 is 46.1. The molecular formula is C28H26F3NO4. The fourth-order valence-corrected chi connectivity index (χ4v) is 4.86. The number of nitrogens with zero attached hydrogens (tertiary/aromatic N) is 1. The zero-order valence-electron chi connectivity index (χ0n) is 19.4. The molecule has 188 valence electrons. The van der Waals surface area contributed by atoms with Crippen LogP contribution >= 0.6 is 0 Å². The lowest BCUT2D eigenvalue weighted by molar-refractivity contribution is -0.143. The summed E-state index contributed by atoms with van der Waals surface area (Å²) in [6, 6.07) is 21.3. The van der Waals surface area contributed by atoms with Gasteiger partial charge < -0.3 is 14.7 Å². The number of hydrogen-bond donors (Lipinski definition) is 1. The molecule has 5 nitrogen and oxygen atoms in total. The molecule has 3 aromatic carbocycles. The Morgan fingerprint density at radius 1 is 0.889 bits per heavy atom. The standard InChI is InChI=1S/C28H26F3NO4/c29-28(30,31)23-14-7-13-22(17-23)27(25(33)34,21-11-5-2-6-12-21)18-24-15-8-16-32(24)26(35)36-19-20-9-3-1-4-10-20/h1-7,9-14,17,24H,8,15-16,18-19H2,(H,33,34). The Balaban J connectivity index is 1.69. The second-order valence-electron chi connectivity index (χ2n) is 8.89. The maximum absolute atomic E-state index is 13.5. The van der Waals surface area contributed by atoms with Crippen LogP contribution < -0.4 is 0 Å². The van der Waals surface area contributed by atoms with Gasteiger partial charge in [-0.25, -0.2) is 4.79 Å². The van der Waals surface area contributed by atoms with E-state index in [0.29, 0.717) is 24.9 Å². The van der Waals surface area contributed by atoms with Crippen LogP contribution in [-0.4, -0.2) is 34.7 Å². The highest BCUT2D eigenvalue weighted by Gasteiger charge is 2.47. The molecular weight excluding hydrogens is 471 g/mol. The third kappa shape index (κ3) is 5.22. The number of alkyl halides is 3. The third-order valence-corrected chi connectivity index (χ3v) is 6.67. The summed E-state index contributed by atoms with van der Waals surface area (Å²) in [5.41, 5.74) is -1.54. The number of carbonyl (C=O) groups excluding carboxylic acids is 1. The largest absolute Gasteiger partial charge is 0.480 e. The molecule has 0 saturated carbocycles. The highest BCUT2D eigenvalue weighted by Crippen LogP contribution is 2.42. The van der Waals surface area contributed by atoms with Crippen molar-refractivity contribution in [1.82, 2.24) is 4.90 Å². The summed E-state index contributed by atoms with van der Waals surface area (Å²) in [5, 5.41) is 10.5. The molecule has 1 saturated heterocycles. The molecule has 2 unspecified atom stereocenters. The van der Waals surface area contributed by atoms with Crippen LogP contribution in [0.15, 0.2) is 84.9 Å². The summed E-state index contributed by atoms with van der Waals surface area (Å²) in [7, 11) is 0. The molecule has 1 heterocycles. The molecule has 0 aromatic heterocycles. The minimum absolute atomic E-state index is 0.0144. The highest BCUT2D eigenvalue weighted by molar-refractivity contribution is 5.86. The fourth-order valence-electron chi connectivity index (χ4n) is 4.86. The normalized spacial score (nSPS) is 17.4. The van der Waals surface area contributed by atoms with E-state index >= 15 is 0 Å². The first kappa shape index (κ1) is 25.3. The van der Waals surface area contributed by atoms with Crippen molar-refractivity contribution < 1.29 is 32.6 Å². The van der Waals surface area contributed by atoms with Gasteiger partial charge in [-0.3, -0.25) is 4.79 Å². The number of amides is 1. The number of carboxylic acid groups (broad SMARTS) is 1. The molecule has 0 bridgehead atoms. The SMILES string of the molecule is O=C(OCc1ccccc1)N1CCCC1CC(C(=O)O)(c1ccccc1)c1cccc(C(F)(F)F)c1. The van der Waals surface area contributed by atoms with E-state index < -0.39 is 35.3 Å². The monoisotopic (exact) mass is 497 g/mol. The van der Waals surface area contributed by atoms with Gasteiger partial charge in [-0.05, 0) is 42.0 Å². The molecule has 1 fully saturated rings. The van der Waals surface area contributed by atoms with Crippen LogP contribution in [0.25, 0.3) is 0 Å². The Morgan fingerprint density at radius 3 is 2.14 bits per heavy atom. The zero-order chi connectivity index (χ0) is 25.8. The van der Waals surface area contributed by atoms with Gasteiger partial charge >= 0.3 is 18.2 Å². The van der Waals surface area contributed by atoms with Crippen molar-refractivity contribution in [3.63, 3.8) is 0 Å². The molecule has 1 aliphatic heterocycles. The molecule has 36 heavy (non-hydrogen) atoms. The lowest BCUT2D eigenvalue weighted by atomic mass is 9.69. The van der Waals surface area contributed by atoms with Gasteiger partial charge in [0.25, 0.3) is 0 Å². The predicted molar refractivity (Wildman–Crippen MR) is 127 cm³/mol. The third-order valence-electron chi connectivity index (χ3n) is 6.67. The lowest BCUT2D eigenvalue weighted by Crippen LogP contribution is -2.45. The summed E-state index contributed by atoms with van der Waals surface area (Å²) in [6.07, 6.45) is -4.14. The van der Waals surface area contributed by atoms with Gasteiger partial charge in [-0.2, -0.15) is 13.2 Å². The van der Waals surface area contributed by atoms with E-state index in [1.54, 1.807) is 30.3 Å². The first-order valence-corrected chi connectivity index (χ1v) is 11.7. The topological polar surface area (TPSA) is 66.8 Å². The molecule has 2 atom stereocenters. The van der Waals surface area contributed by atoms with Crippen LogP contribution in [-0.2, 0) is 27.7 Å². The van der Waals surface area contributed by atoms with E-state index in [1.807, 2.05) is 30.3 Å². The number of likely N-dealkylation sites (tertiary alicyclic amines) is 1. The van der Waals surface area contributed by atoms with Crippen LogP contribution in [0, 0.1) is 0 Å². The highest BCUT2D eigenvalue weighted by atomic mass is 19.4. The summed E-state index contributed by atoms with van der Waals surface area (Å²) in [6.45, 7) is 0.449. The Morgan fingerprint density at radius 2 is 1.50 bits per heavy atom. The summed E-state index contributed by atoms with van der Waals surface area (Å²) in [5.74, 6) is -1.28. The van der Waals surface area contributed by atoms with E-state index in [9.17, 15) is 27.9 Å². The number of carboxylic acids is 1.